The van der Waals surface area contributed by atoms with Gasteiger partial charge < -0.3 is 25.0 Å². The van der Waals surface area contributed by atoms with Crippen LogP contribution in [0.5, 0.6) is 11.5 Å². The summed E-state index contributed by atoms with van der Waals surface area (Å²) in [6.45, 7) is 3.64. The summed E-state index contributed by atoms with van der Waals surface area (Å²) in [6, 6.07) is 8.75. The monoisotopic (exact) mass is 569 g/mol. The van der Waals surface area contributed by atoms with E-state index in [9.17, 15) is 18.8 Å². The van der Waals surface area contributed by atoms with E-state index in [-0.39, 0.29) is 42.8 Å². The molecular weight excluding hydrogens is 544 g/mol. The van der Waals surface area contributed by atoms with E-state index in [0.29, 0.717) is 34.3 Å². The normalized spacial score (nSPS) is 14.3. The summed E-state index contributed by atoms with van der Waals surface area (Å²) in [5.74, 6) is -0.469. The zero-order chi connectivity index (χ0) is 26.9. The number of carbonyl (C=O) groups is 3. The van der Waals surface area contributed by atoms with Crippen LogP contribution in [0, 0.1) is 5.82 Å². The number of thioether (sulfide) groups is 1. The smallest absolute Gasteiger partial charge is 0.262 e. The fourth-order valence-electron chi connectivity index (χ4n) is 3.41. The van der Waals surface area contributed by atoms with Crippen LogP contribution in [0.1, 0.15) is 12.8 Å². The molecule has 8 nitrogen and oxygen atoms in total. The SMILES string of the molecule is C=C(CCNC(=O)C1CN(C(=O)CCSC)c2cc(Cl)ccc2O1)NC(=O)COc1ccc(Cl)c(F)c1. The molecule has 0 fully saturated rings. The van der Waals surface area contributed by atoms with E-state index in [4.69, 9.17) is 32.7 Å². The fraction of sp³-hybridized carbons (Fsp3) is 0.320. The summed E-state index contributed by atoms with van der Waals surface area (Å²) in [5, 5.41) is 5.71. The van der Waals surface area contributed by atoms with Crippen molar-refractivity contribution in [1.29, 1.82) is 0 Å². The number of nitrogens with zero attached hydrogens (tertiary/aromatic N) is 1. The Morgan fingerprint density at radius 1 is 1.22 bits per heavy atom. The van der Waals surface area contributed by atoms with Gasteiger partial charge in [0, 0.05) is 41.9 Å². The largest absolute Gasteiger partial charge is 0.484 e. The molecule has 0 aliphatic carbocycles. The van der Waals surface area contributed by atoms with E-state index in [1.54, 1.807) is 30.0 Å². The number of anilines is 1. The van der Waals surface area contributed by atoms with Gasteiger partial charge in [-0.2, -0.15) is 11.8 Å². The zero-order valence-electron chi connectivity index (χ0n) is 20.0. The lowest BCUT2D eigenvalue weighted by Gasteiger charge is -2.34. The lowest BCUT2D eigenvalue weighted by atomic mass is 10.1. The molecule has 0 saturated heterocycles. The highest BCUT2D eigenvalue weighted by atomic mass is 35.5. The van der Waals surface area contributed by atoms with Gasteiger partial charge in [0.25, 0.3) is 11.8 Å². The first kappa shape index (κ1) is 28.6. The minimum Gasteiger partial charge on any atom is -0.484 e. The van der Waals surface area contributed by atoms with Gasteiger partial charge in [0.1, 0.15) is 17.3 Å². The van der Waals surface area contributed by atoms with Crippen LogP contribution in [0.25, 0.3) is 0 Å². The second-order valence-electron chi connectivity index (χ2n) is 8.02. The van der Waals surface area contributed by atoms with Gasteiger partial charge in [-0.25, -0.2) is 4.39 Å². The molecule has 3 amide bonds. The molecule has 12 heteroatoms. The Kier molecular flexibility index (Phi) is 10.5. The Labute approximate surface area is 228 Å². The maximum atomic E-state index is 13.5. The Bertz CT molecular complexity index is 1180. The van der Waals surface area contributed by atoms with Crippen LogP contribution in [0.3, 0.4) is 0 Å². The fourth-order valence-corrected chi connectivity index (χ4v) is 4.08. The van der Waals surface area contributed by atoms with Crippen LogP contribution in [-0.2, 0) is 14.4 Å². The van der Waals surface area contributed by atoms with Gasteiger partial charge in [-0.05, 0) is 36.6 Å². The van der Waals surface area contributed by atoms with Gasteiger partial charge in [-0.3, -0.25) is 14.4 Å². The Morgan fingerprint density at radius 3 is 2.73 bits per heavy atom. The minimum atomic E-state index is -0.914. The molecule has 2 aromatic rings. The summed E-state index contributed by atoms with van der Waals surface area (Å²) < 4.78 is 24.5. The first-order valence-corrected chi connectivity index (χ1v) is 13.4. The summed E-state index contributed by atoms with van der Waals surface area (Å²) in [4.78, 5) is 39.2. The predicted molar refractivity (Wildman–Crippen MR) is 143 cm³/mol. The number of ether oxygens (including phenoxy) is 2. The van der Waals surface area contributed by atoms with Gasteiger partial charge in [0.2, 0.25) is 5.91 Å². The van der Waals surface area contributed by atoms with Gasteiger partial charge >= 0.3 is 0 Å². The van der Waals surface area contributed by atoms with Crippen molar-refractivity contribution in [3.8, 4) is 11.5 Å². The third-order valence-corrected chi connectivity index (χ3v) is 6.40. The van der Waals surface area contributed by atoms with Crippen molar-refractivity contribution in [2.24, 2.45) is 0 Å². The molecule has 0 saturated carbocycles. The lowest BCUT2D eigenvalue weighted by molar-refractivity contribution is -0.128. The number of halogens is 3. The number of hydrogen-bond acceptors (Lipinski definition) is 6. The molecule has 198 valence electrons. The molecule has 0 bridgehead atoms. The van der Waals surface area contributed by atoms with Crippen molar-refractivity contribution in [2.75, 3.05) is 36.6 Å². The van der Waals surface area contributed by atoms with Gasteiger partial charge in [-0.1, -0.05) is 29.8 Å². The van der Waals surface area contributed by atoms with Gasteiger partial charge in [0.15, 0.2) is 12.7 Å². The Balaban J connectivity index is 1.47. The molecule has 1 aliphatic heterocycles. The molecule has 0 spiro atoms. The average molecular weight is 570 g/mol. The van der Waals surface area contributed by atoms with Crippen molar-refractivity contribution >= 4 is 58.4 Å². The highest BCUT2D eigenvalue weighted by Crippen LogP contribution is 2.36. The van der Waals surface area contributed by atoms with E-state index in [1.165, 1.54) is 17.0 Å². The molecular formula is C25H26Cl2FN3O5S. The minimum absolute atomic E-state index is 0.0469. The second kappa shape index (κ2) is 13.6. The number of carbonyl (C=O) groups excluding carboxylic acids is 3. The number of rotatable bonds is 11. The van der Waals surface area contributed by atoms with Crippen molar-refractivity contribution in [3.05, 3.63) is 64.5 Å². The van der Waals surface area contributed by atoms with E-state index >= 15 is 0 Å². The second-order valence-corrected chi connectivity index (χ2v) is 9.85. The lowest BCUT2D eigenvalue weighted by Crippen LogP contribution is -2.51. The van der Waals surface area contributed by atoms with Crippen LogP contribution in [0.4, 0.5) is 10.1 Å². The van der Waals surface area contributed by atoms with Crippen LogP contribution >= 0.6 is 35.0 Å². The van der Waals surface area contributed by atoms with Crippen LogP contribution in [0.2, 0.25) is 10.0 Å². The van der Waals surface area contributed by atoms with E-state index in [2.05, 4.69) is 17.2 Å². The topological polar surface area (TPSA) is 97.0 Å². The molecule has 37 heavy (non-hydrogen) atoms. The molecule has 1 unspecified atom stereocenters. The standard InChI is InChI=1S/C25H26Cl2FN3O5S/c1-15(30-23(32)14-35-17-4-5-18(27)19(28)12-17)7-9-29-25(34)22-13-31(24(33)8-10-37-2)20-11-16(26)3-6-21(20)36-22/h3-6,11-12,22H,1,7-10,13-14H2,2H3,(H,29,34)(H,30,32). The van der Waals surface area contributed by atoms with Crippen LogP contribution < -0.4 is 25.0 Å². The number of amides is 3. The number of hydrogen-bond donors (Lipinski definition) is 2. The van der Waals surface area contributed by atoms with Crippen molar-refractivity contribution in [2.45, 2.75) is 18.9 Å². The Morgan fingerprint density at radius 2 is 2.00 bits per heavy atom. The molecule has 2 aromatic carbocycles. The molecule has 2 N–H and O–H groups in total. The first-order chi connectivity index (χ1) is 17.7. The van der Waals surface area contributed by atoms with E-state index in [0.717, 1.165) is 6.07 Å². The first-order valence-electron chi connectivity index (χ1n) is 11.3. The third-order valence-electron chi connectivity index (χ3n) is 5.25. The van der Waals surface area contributed by atoms with Crippen LogP contribution in [-0.4, -0.2) is 55.5 Å². The Hall–Kier alpha value is -2.95. The third kappa shape index (κ3) is 8.28. The van der Waals surface area contributed by atoms with Crippen molar-refractivity contribution < 1.29 is 28.2 Å². The molecule has 0 aromatic heterocycles. The van der Waals surface area contributed by atoms with Crippen LogP contribution in [0.15, 0.2) is 48.7 Å². The summed E-state index contributed by atoms with van der Waals surface area (Å²) in [7, 11) is 0. The van der Waals surface area contributed by atoms with Crippen molar-refractivity contribution in [3.63, 3.8) is 0 Å². The molecule has 1 heterocycles. The summed E-state index contributed by atoms with van der Waals surface area (Å²) >= 11 is 13.3. The number of nitrogens with one attached hydrogen (secondary N) is 2. The number of fused-ring (bicyclic) bond motifs is 1. The maximum Gasteiger partial charge on any atom is 0.262 e. The quantitative estimate of drug-likeness (QED) is 0.421. The predicted octanol–water partition coefficient (Wildman–Crippen LogP) is 4.19. The highest BCUT2D eigenvalue weighted by Gasteiger charge is 2.33. The summed E-state index contributed by atoms with van der Waals surface area (Å²) in [5.41, 5.74) is 0.886. The molecule has 3 rings (SSSR count). The van der Waals surface area contributed by atoms with E-state index < -0.39 is 23.7 Å². The maximum absolute atomic E-state index is 13.5. The molecule has 1 aliphatic rings. The molecule has 0 radical (unpaired) electrons. The molecule has 1 atom stereocenters. The van der Waals surface area contributed by atoms with Gasteiger partial charge in [-0.15, -0.1) is 0 Å². The van der Waals surface area contributed by atoms with Crippen molar-refractivity contribution in [1.82, 2.24) is 10.6 Å². The summed E-state index contributed by atoms with van der Waals surface area (Å²) in [6.07, 6.45) is 1.57. The number of benzene rings is 2. The highest BCUT2D eigenvalue weighted by molar-refractivity contribution is 7.98. The van der Waals surface area contributed by atoms with E-state index in [1.807, 2.05) is 6.26 Å². The van der Waals surface area contributed by atoms with Gasteiger partial charge in [0.05, 0.1) is 17.3 Å². The average Bonchev–Trinajstić information content (AvgIpc) is 2.87. The zero-order valence-corrected chi connectivity index (χ0v) is 22.4.